The molecule has 0 aromatic heterocycles. The Labute approximate surface area is 160 Å². The van der Waals surface area contributed by atoms with Gasteiger partial charge in [0.15, 0.2) is 0 Å². The van der Waals surface area contributed by atoms with Crippen LogP contribution in [-0.2, 0) is 11.8 Å². The quantitative estimate of drug-likeness (QED) is 0.420. The summed E-state index contributed by atoms with van der Waals surface area (Å²) in [4.78, 5) is 0. The molecule has 0 radical (unpaired) electrons. The van der Waals surface area contributed by atoms with Gasteiger partial charge in [-0.1, -0.05) is 66.7 Å². The SMILES string of the molecule is C1=CC2CC1C1CC3(CC21)c1ccccc1Cc1cc2ccccc2cc13. The highest BCUT2D eigenvalue weighted by molar-refractivity contribution is 5.85. The molecule has 4 aliphatic carbocycles. The van der Waals surface area contributed by atoms with Crippen LogP contribution in [0.3, 0.4) is 0 Å². The number of allylic oxidation sites excluding steroid dienone is 2. The molecule has 0 heterocycles. The lowest BCUT2D eigenvalue weighted by Crippen LogP contribution is -2.32. The predicted molar refractivity (Wildman–Crippen MR) is 111 cm³/mol. The van der Waals surface area contributed by atoms with Crippen LogP contribution >= 0.6 is 0 Å². The third-order valence-electron chi connectivity index (χ3n) is 8.37. The molecule has 0 saturated heterocycles. The van der Waals surface area contributed by atoms with E-state index in [1.165, 1.54) is 30.0 Å². The lowest BCUT2D eigenvalue weighted by atomic mass is 9.64. The molecule has 4 atom stereocenters. The average molecular weight is 348 g/mol. The minimum absolute atomic E-state index is 0.243. The van der Waals surface area contributed by atoms with Crippen molar-refractivity contribution in [2.45, 2.75) is 31.1 Å². The fourth-order valence-corrected chi connectivity index (χ4v) is 7.33. The van der Waals surface area contributed by atoms with Crippen LogP contribution in [-0.4, -0.2) is 0 Å². The summed E-state index contributed by atoms with van der Waals surface area (Å²) in [5.41, 5.74) is 6.68. The Hall–Kier alpha value is -2.34. The standard InChI is InChI=1S/C27H24/c1-2-6-18-14-26-22(11-17(18)5-1)13-21-7-3-4-8-25(21)27(26)15-23-19-9-10-20(12-19)24(23)16-27/h1-11,14,19-20,23-24H,12-13,15-16H2. The second-order valence-electron chi connectivity index (χ2n) is 9.46. The summed E-state index contributed by atoms with van der Waals surface area (Å²) >= 11 is 0. The van der Waals surface area contributed by atoms with Gasteiger partial charge in [-0.15, -0.1) is 0 Å². The van der Waals surface area contributed by atoms with E-state index < -0.39 is 0 Å². The highest BCUT2D eigenvalue weighted by atomic mass is 14.6. The van der Waals surface area contributed by atoms with E-state index in [0.717, 1.165) is 30.1 Å². The average Bonchev–Trinajstić information content (AvgIpc) is 3.40. The molecule has 1 spiro atoms. The van der Waals surface area contributed by atoms with E-state index in [1.54, 1.807) is 22.3 Å². The molecule has 4 aliphatic rings. The summed E-state index contributed by atoms with van der Waals surface area (Å²) < 4.78 is 0. The minimum Gasteiger partial charge on any atom is -0.0848 e. The van der Waals surface area contributed by atoms with Gasteiger partial charge in [-0.25, -0.2) is 0 Å². The lowest BCUT2D eigenvalue weighted by Gasteiger charge is -2.39. The van der Waals surface area contributed by atoms with Gasteiger partial charge in [0.25, 0.3) is 0 Å². The molecule has 0 amide bonds. The fraction of sp³-hybridized carbons (Fsp3) is 0.333. The van der Waals surface area contributed by atoms with Gasteiger partial charge in [0.2, 0.25) is 0 Å². The summed E-state index contributed by atoms with van der Waals surface area (Å²) in [5.74, 6) is 3.48. The summed E-state index contributed by atoms with van der Waals surface area (Å²) in [6, 6.07) is 23.3. The zero-order valence-electron chi connectivity index (χ0n) is 15.6. The monoisotopic (exact) mass is 348 g/mol. The molecule has 4 unspecified atom stereocenters. The van der Waals surface area contributed by atoms with E-state index in [9.17, 15) is 0 Å². The van der Waals surface area contributed by atoms with Gasteiger partial charge < -0.3 is 0 Å². The normalized spacial score (nSPS) is 34.8. The van der Waals surface area contributed by atoms with Crippen LogP contribution in [0.2, 0.25) is 0 Å². The Morgan fingerprint density at radius 3 is 2.11 bits per heavy atom. The molecule has 132 valence electrons. The minimum atomic E-state index is 0.243. The van der Waals surface area contributed by atoms with E-state index in [1.807, 2.05) is 0 Å². The Morgan fingerprint density at radius 1 is 0.667 bits per heavy atom. The number of fused-ring (bicyclic) bond motifs is 10. The molecule has 7 rings (SSSR count). The maximum Gasteiger partial charge on any atom is 0.0214 e. The Balaban J connectivity index is 1.49. The van der Waals surface area contributed by atoms with Gasteiger partial charge >= 0.3 is 0 Å². The number of benzene rings is 3. The van der Waals surface area contributed by atoms with Crippen LogP contribution in [0.25, 0.3) is 10.8 Å². The van der Waals surface area contributed by atoms with Crippen molar-refractivity contribution in [1.29, 1.82) is 0 Å². The van der Waals surface area contributed by atoms with Crippen LogP contribution < -0.4 is 0 Å². The molecule has 3 aromatic rings. The maximum atomic E-state index is 2.55. The topological polar surface area (TPSA) is 0 Å². The van der Waals surface area contributed by atoms with Crippen LogP contribution in [0.5, 0.6) is 0 Å². The van der Waals surface area contributed by atoms with Crippen molar-refractivity contribution in [3.8, 4) is 0 Å². The first-order valence-corrected chi connectivity index (χ1v) is 10.6. The van der Waals surface area contributed by atoms with E-state index in [0.29, 0.717) is 0 Å². The Kier molecular flexibility index (Phi) is 2.68. The van der Waals surface area contributed by atoms with Crippen LogP contribution in [0.15, 0.2) is 72.8 Å². The first kappa shape index (κ1) is 14.7. The van der Waals surface area contributed by atoms with Crippen LogP contribution in [0.4, 0.5) is 0 Å². The van der Waals surface area contributed by atoms with E-state index in [2.05, 4.69) is 72.8 Å². The van der Waals surface area contributed by atoms with E-state index >= 15 is 0 Å². The number of hydrogen-bond acceptors (Lipinski definition) is 0. The van der Waals surface area contributed by atoms with Gasteiger partial charge in [0.1, 0.15) is 0 Å². The van der Waals surface area contributed by atoms with E-state index in [-0.39, 0.29) is 5.41 Å². The molecule has 2 fully saturated rings. The van der Waals surface area contributed by atoms with Gasteiger partial charge in [0.05, 0.1) is 0 Å². The first-order chi connectivity index (χ1) is 13.3. The second kappa shape index (κ2) is 4.93. The zero-order valence-corrected chi connectivity index (χ0v) is 15.6. The molecule has 0 N–H and O–H groups in total. The largest absolute Gasteiger partial charge is 0.0848 e. The molecule has 2 bridgehead atoms. The molecule has 27 heavy (non-hydrogen) atoms. The lowest BCUT2D eigenvalue weighted by molar-refractivity contribution is 0.364. The summed E-state index contributed by atoms with van der Waals surface area (Å²) in [7, 11) is 0. The molecular formula is C27H24. The van der Waals surface area contributed by atoms with Crippen molar-refractivity contribution in [3.63, 3.8) is 0 Å². The third kappa shape index (κ3) is 1.79. The van der Waals surface area contributed by atoms with Crippen molar-refractivity contribution in [3.05, 3.63) is 95.1 Å². The van der Waals surface area contributed by atoms with Gasteiger partial charge in [0, 0.05) is 5.41 Å². The van der Waals surface area contributed by atoms with Crippen LogP contribution in [0.1, 0.15) is 41.5 Å². The molecular weight excluding hydrogens is 324 g/mol. The molecule has 0 nitrogen and oxygen atoms in total. The molecule has 2 saturated carbocycles. The van der Waals surface area contributed by atoms with Crippen molar-refractivity contribution in [1.82, 2.24) is 0 Å². The Morgan fingerprint density at radius 2 is 1.33 bits per heavy atom. The van der Waals surface area contributed by atoms with Gasteiger partial charge in [-0.05, 0) is 88.4 Å². The fourth-order valence-electron chi connectivity index (χ4n) is 7.33. The van der Waals surface area contributed by atoms with Gasteiger partial charge in [-0.2, -0.15) is 0 Å². The van der Waals surface area contributed by atoms with E-state index in [4.69, 9.17) is 0 Å². The van der Waals surface area contributed by atoms with Crippen LogP contribution in [0, 0.1) is 23.7 Å². The predicted octanol–water partition coefficient (Wildman–Crippen LogP) is 6.26. The third-order valence-corrected chi connectivity index (χ3v) is 8.37. The summed E-state index contributed by atoms with van der Waals surface area (Å²) in [6.07, 6.45) is 10.3. The van der Waals surface area contributed by atoms with Crippen molar-refractivity contribution < 1.29 is 0 Å². The van der Waals surface area contributed by atoms with Gasteiger partial charge in [-0.3, -0.25) is 0 Å². The van der Waals surface area contributed by atoms with Crippen molar-refractivity contribution in [2.24, 2.45) is 23.7 Å². The molecule has 3 aromatic carbocycles. The van der Waals surface area contributed by atoms with Crippen molar-refractivity contribution >= 4 is 10.8 Å². The smallest absolute Gasteiger partial charge is 0.0214 e. The summed E-state index contributed by atoms with van der Waals surface area (Å²) in [5, 5.41) is 2.80. The number of hydrogen-bond donors (Lipinski definition) is 0. The second-order valence-corrected chi connectivity index (χ2v) is 9.46. The number of rotatable bonds is 0. The highest BCUT2D eigenvalue weighted by Crippen LogP contribution is 2.64. The highest BCUT2D eigenvalue weighted by Gasteiger charge is 2.57. The van der Waals surface area contributed by atoms with Crippen molar-refractivity contribution in [2.75, 3.05) is 0 Å². The maximum absolute atomic E-state index is 2.55. The Bertz CT molecular complexity index is 1100. The first-order valence-electron chi connectivity index (χ1n) is 10.6. The molecule has 0 heteroatoms. The molecule has 0 aliphatic heterocycles. The zero-order chi connectivity index (χ0) is 17.6. The summed E-state index contributed by atoms with van der Waals surface area (Å²) in [6.45, 7) is 0.